The highest BCUT2D eigenvalue weighted by Gasteiger charge is 2.19. The van der Waals surface area contributed by atoms with Crippen molar-refractivity contribution in [3.8, 4) is 22.3 Å². The minimum Gasteiger partial charge on any atom is -0.135 e. The van der Waals surface area contributed by atoms with Gasteiger partial charge in [-0.05, 0) is 162 Å². The van der Waals surface area contributed by atoms with Gasteiger partial charge in [-0.15, -0.1) is 11.3 Å². The molecule has 0 bridgehead atoms. The van der Waals surface area contributed by atoms with Crippen molar-refractivity contribution in [3.63, 3.8) is 0 Å². The second-order valence-corrected chi connectivity index (χ2v) is 17.4. The Morgan fingerprint density at radius 3 is 1.46 bits per heavy atom. The van der Waals surface area contributed by atoms with Crippen molar-refractivity contribution < 1.29 is 0 Å². The Labute approximate surface area is 343 Å². The molecule has 13 aromatic carbocycles. The zero-order valence-corrected chi connectivity index (χ0v) is 32.7. The van der Waals surface area contributed by atoms with Gasteiger partial charge >= 0.3 is 0 Å². The maximum atomic E-state index is 2.48. The summed E-state index contributed by atoms with van der Waals surface area (Å²) in [6.45, 7) is 0. The summed E-state index contributed by atoms with van der Waals surface area (Å²) < 4.78 is 2.68. The molecule has 1 heteroatoms. The SMILES string of the molecule is c1cc2ccc3cccc4c(-c5cc6c7ccccc7c(-c7ccc8c(c7)c7ccccc7c7cc9c(cc87)sc7ccccc79)cc6c6ccccc56)cc(c1)c2c34. The van der Waals surface area contributed by atoms with Gasteiger partial charge in [-0.3, -0.25) is 0 Å². The third-order valence-corrected chi connectivity index (χ3v) is 14.5. The standard InChI is InChI=1S/C58H32S/c1-2-15-38-37(14-1)46(35-25-26-43-47(27-35)39-16-3-4-17-40(39)52-31-54-44-20-7-8-22-55(44)59-56(54)32-53(43)52)29-49-41-18-5-6-19-42(41)50(30-51(38)49)48-28-36-13-9-11-33-23-24-34-12-10-21-45(48)58(34)57(33)36/h1-32H. The van der Waals surface area contributed by atoms with Crippen LogP contribution < -0.4 is 0 Å². The van der Waals surface area contributed by atoms with E-state index in [1.165, 1.54) is 139 Å². The highest BCUT2D eigenvalue weighted by molar-refractivity contribution is 7.25. The molecule has 0 aliphatic carbocycles. The zero-order chi connectivity index (χ0) is 38.3. The smallest absolute Gasteiger partial charge is 0.0362 e. The molecule has 1 aromatic heterocycles. The van der Waals surface area contributed by atoms with Crippen molar-refractivity contribution in [1.29, 1.82) is 0 Å². The van der Waals surface area contributed by atoms with E-state index >= 15 is 0 Å². The number of fused-ring (bicyclic) bond motifs is 14. The lowest BCUT2D eigenvalue weighted by Crippen LogP contribution is -1.91. The van der Waals surface area contributed by atoms with E-state index in [-0.39, 0.29) is 0 Å². The molecule has 0 fully saturated rings. The molecule has 0 saturated carbocycles. The van der Waals surface area contributed by atoms with Crippen LogP contribution in [-0.2, 0) is 0 Å². The molecular weight excluding hydrogens is 729 g/mol. The van der Waals surface area contributed by atoms with Gasteiger partial charge in [0.2, 0.25) is 0 Å². The van der Waals surface area contributed by atoms with E-state index in [4.69, 9.17) is 0 Å². The first-order valence-corrected chi connectivity index (χ1v) is 21.3. The number of hydrogen-bond donors (Lipinski definition) is 0. The molecule has 0 radical (unpaired) electrons. The molecular formula is C58H32S. The van der Waals surface area contributed by atoms with Crippen LogP contribution in [0.5, 0.6) is 0 Å². The average Bonchev–Trinajstić information content (AvgIpc) is 3.67. The minimum absolute atomic E-state index is 1.24. The molecule has 0 aliphatic rings. The lowest BCUT2D eigenvalue weighted by Gasteiger charge is -2.19. The summed E-state index contributed by atoms with van der Waals surface area (Å²) in [5.74, 6) is 0. The van der Waals surface area contributed by atoms with E-state index in [1.54, 1.807) is 0 Å². The van der Waals surface area contributed by atoms with Crippen LogP contribution in [-0.4, -0.2) is 0 Å². The lowest BCUT2D eigenvalue weighted by molar-refractivity contribution is 1.71. The number of benzene rings is 13. The van der Waals surface area contributed by atoms with E-state index in [2.05, 4.69) is 194 Å². The molecule has 0 nitrogen and oxygen atoms in total. The predicted octanol–water partition coefficient (Wildman–Crippen LogP) is 17.2. The summed E-state index contributed by atoms with van der Waals surface area (Å²) in [4.78, 5) is 0. The molecule has 0 aliphatic heterocycles. The molecule has 0 saturated heterocycles. The quantitative estimate of drug-likeness (QED) is 0.154. The van der Waals surface area contributed by atoms with E-state index in [9.17, 15) is 0 Å². The highest BCUT2D eigenvalue weighted by Crippen LogP contribution is 2.47. The Morgan fingerprint density at radius 2 is 0.712 bits per heavy atom. The van der Waals surface area contributed by atoms with Gasteiger partial charge in [0, 0.05) is 20.2 Å². The van der Waals surface area contributed by atoms with Crippen LogP contribution in [0.15, 0.2) is 194 Å². The van der Waals surface area contributed by atoms with Gasteiger partial charge in [0.15, 0.2) is 0 Å². The van der Waals surface area contributed by atoms with E-state index in [0.717, 1.165) is 0 Å². The molecule has 0 N–H and O–H groups in total. The summed E-state index contributed by atoms with van der Waals surface area (Å²) in [6.07, 6.45) is 0. The maximum Gasteiger partial charge on any atom is 0.0362 e. The molecule has 270 valence electrons. The Morgan fingerprint density at radius 1 is 0.220 bits per heavy atom. The fraction of sp³-hybridized carbons (Fsp3) is 0. The van der Waals surface area contributed by atoms with Crippen molar-refractivity contribution in [1.82, 2.24) is 0 Å². The summed E-state index contributed by atoms with van der Waals surface area (Å²) in [6, 6.07) is 73.4. The van der Waals surface area contributed by atoms with Crippen molar-refractivity contribution in [2.75, 3.05) is 0 Å². The van der Waals surface area contributed by atoms with Gasteiger partial charge in [-0.2, -0.15) is 0 Å². The second-order valence-electron chi connectivity index (χ2n) is 16.3. The summed E-state index contributed by atoms with van der Waals surface area (Å²) in [5, 5.41) is 26.1. The van der Waals surface area contributed by atoms with Crippen LogP contribution in [0, 0.1) is 0 Å². The first-order valence-electron chi connectivity index (χ1n) is 20.5. The van der Waals surface area contributed by atoms with Crippen molar-refractivity contribution in [2.24, 2.45) is 0 Å². The molecule has 0 unspecified atom stereocenters. The van der Waals surface area contributed by atoms with Crippen LogP contribution in [0.2, 0.25) is 0 Å². The van der Waals surface area contributed by atoms with Crippen molar-refractivity contribution in [2.45, 2.75) is 0 Å². The molecule has 0 spiro atoms. The van der Waals surface area contributed by atoms with Crippen molar-refractivity contribution in [3.05, 3.63) is 194 Å². The third-order valence-electron chi connectivity index (χ3n) is 13.3. The first kappa shape index (κ1) is 31.7. The van der Waals surface area contributed by atoms with Gasteiger partial charge < -0.3 is 0 Å². The molecule has 1 heterocycles. The van der Waals surface area contributed by atoms with Crippen LogP contribution in [0.25, 0.3) is 139 Å². The maximum absolute atomic E-state index is 2.48. The first-order chi connectivity index (χ1) is 29.2. The topological polar surface area (TPSA) is 0 Å². The summed E-state index contributed by atoms with van der Waals surface area (Å²) in [5.41, 5.74) is 5.07. The van der Waals surface area contributed by atoms with E-state index in [0.29, 0.717) is 0 Å². The predicted molar refractivity (Wildman–Crippen MR) is 259 cm³/mol. The molecule has 0 atom stereocenters. The Balaban J connectivity index is 1.05. The molecule has 59 heavy (non-hydrogen) atoms. The largest absolute Gasteiger partial charge is 0.135 e. The van der Waals surface area contributed by atoms with Gasteiger partial charge in [-0.25, -0.2) is 0 Å². The fourth-order valence-corrected chi connectivity index (χ4v) is 11.9. The van der Waals surface area contributed by atoms with Crippen LogP contribution in [0.3, 0.4) is 0 Å². The van der Waals surface area contributed by atoms with Crippen molar-refractivity contribution >= 4 is 128 Å². The monoisotopic (exact) mass is 760 g/mol. The fourth-order valence-electron chi connectivity index (χ4n) is 10.7. The van der Waals surface area contributed by atoms with Crippen LogP contribution in [0.4, 0.5) is 0 Å². The van der Waals surface area contributed by atoms with Gasteiger partial charge in [0.05, 0.1) is 0 Å². The summed E-state index contributed by atoms with van der Waals surface area (Å²) >= 11 is 1.90. The van der Waals surface area contributed by atoms with Crippen LogP contribution >= 0.6 is 11.3 Å². The van der Waals surface area contributed by atoms with E-state index < -0.39 is 0 Å². The number of thiophene rings is 1. The molecule has 14 aromatic rings. The lowest BCUT2D eigenvalue weighted by atomic mass is 9.84. The average molecular weight is 761 g/mol. The Kier molecular flexibility index (Phi) is 6.26. The third kappa shape index (κ3) is 4.32. The minimum atomic E-state index is 1.24. The summed E-state index contributed by atoms with van der Waals surface area (Å²) in [7, 11) is 0. The molecule has 14 rings (SSSR count). The zero-order valence-electron chi connectivity index (χ0n) is 31.9. The van der Waals surface area contributed by atoms with Gasteiger partial charge in [0.25, 0.3) is 0 Å². The normalized spacial score (nSPS) is 12.4. The number of hydrogen-bond acceptors (Lipinski definition) is 1. The Hall–Kier alpha value is -7.32. The van der Waals surface area contributed by atoms with Gasteiger partial charge in [0.1, 0.15) is 0 Å². The second kappa shape index (κ2) is 11.6. The molecule has 0 amide bonds. The van der Waals surface area contributed by atoms with E-state index in [1.807, 2.05) is 11.3 Å². The highest BCUT2D eigenvalue weighted by atomic mass is 32.1. The Bertz CT molecular complexity index is 4130. The van der Waals surface area contributed by atoms with Crippen LogP contribution in [0.1, 0.15) is 0 Å². The van der Waals surface area contributed by atoms with Gasteiger partial charge in [-0.1, -0.05) is 152 Å². The number of rotatable bonds is 2.